The Labute approximate surface area is 206 Å². The molecule has 0 aliphatic carbocycles. The van der Waals surface area contributed by atoms with E-state index >= 15 is 0 Å². The molecule has 0 atom stereocenters. The number of nitrogens with zero attached hydrogens (tertiary/aromatic N) is 1. The van der Waals surface area contributed by atoms with Crippen molar-refractivity contribution in [1.82, 2.24) is 0 Å². The third-order valence-electron chi connectivity index (χ3n) is 5.30. The summed E-state index contributed by atoms with van der Waals surface area (Å²) in [5, 5.41) is 5.40. The number of halogens is 1. The average Bonchev–Trinajstić information content (AvgIpc) is 3.08. The number of ether oxygens (including phenoxy) is 1. The smallest absolute Gasteiger partial charge is 0.337 e. The van der Waals surface area contributed by atoms with Crippen LogP contribution in [0.15, 0.2) is 83.5 Å². The van der Waals surface area contributed by atoms with Crippen LogP contribution in [0.5, 0.6) is 0 Å². The van der Waals surface area contributed by atoms with Crippen LogP contribution in [0.3, 0.4) is 0 Å². The molecule has 2 N–H and O–H groups in total. The molecular weight excluding hydrogens is 470 g/mol. The van der Waals surface area contributed by atoms with Crippen molar-refractivity contribution in [1.29, 1.82) is 0 Å². The summed E-state index contributed by atoms with van der Waals surface area (Å²) >= 11 is 6.17. The number of aryl methyl sites for hydroxylation is 1. The number of hydrogen-bond donors (Lipinski definition) is 2. The van der Waals surface area contributed by atoms with Crippen molar-refractivity contribution in [3.8, 4) is 0 Å². The van der Waals surface area contributed by atoms with Crippen molar-refractivity contribution in [3.63, 3.8) is 0 Å². The van der Waals surface area contributed by atoms with Crippen molar-refractivity contribution in [2.75, 3.05) is 22.6 Å². The van der Waals surface area contributed by atoms with Gasteiger partial charge in [-0.2, -0.15) is 0 Å². The van der Waals surface area contributed by atoms with Crippen molar-refractivity contribution in [2.24, 2.45) is 0 Å². The molecule has 0 spiro atoms. The van der Waals surface area contributed by atoms with E-state index < -0.39 is 17.8 Å². The van der Waals surface area contributed by atoms with Crippen LogP contribution in [0.25, 0.3) is 0 Å². The van der Waals surface area contributed by atoms with Crippen LogP contribution in [0, 0.1) is 6.92 Å². The van der Waals surface area contributed by atoms with Gasteiger partial charge in [-0.15, -0.1) is 0 Å². The molecule has 0 fully saturated rings. The lowest BCUT2D eigenvalue weighted by molar-refractivity contribution is -0.120. The highest BCUT2D eigenvalue weighted by Gasteiger charge is 2.39. The fourth-order valence-corrected chi connectivity index (χ4v) is 3.61. The van der Waals surface area contributed by atoms with Gasteiger partial charge in [0.1, 0.15) is 10.7 Å². The van der Waals surface area contributed by atoms with Gasteiger partial charge >= 0.3 is 5.97 Å². The molecule has 0 aromatic heterocycles. The normalized spacial score (nSPS) is 13.2. The maximum atomic E-state index is 13.0. The highest BCUT2D eigenvalue weighted by atomic mass is 35.5. The molecule has 0 saturated carbocycles. The van der Waals surface area contributed by atoms with Crippen LogP contribution >= 0.6 is 11.6 Å². The molecule has 1 aliphatic heterocycles. The summed E-state index contributed by atoms with van der Waals surface area (Å²) in [6.45, 7) is 1.96. The minimum Gasteiger partial charge on any atom is -0.465 e. The summed E-state index contributed by atoms with van der Waals surface area (Å²) in [4.78, 5) is 50.6. The lowest BCUT2D eigenvalue weighted by Gasteiger charge is -2.15. The third kappa shape index (κ3) is 4.92. The minimum absolute atomic E-state index is 0.0921. The van der Waals surface area contributed by atoms with E-state index in [0.717, 1.165) is 10.5 Å². The van der Waals surface area contributed by atoms with Gasteiger partial charge in [-0.1, -0.05) is 29.3 Å². The second-order valence-electron chi connectivity index (χ2n) is 7.70. The van der Waals surface area contributed by atoms with Crippen LogP contribution in [0.2, 0.25) is 0 Å². The standard InChI is InChI=1S/C26H20ClN3O5/c1-15-3-9-19(10-4-15)29-23(31)16-5-11-18(12-6-16)28-22-21(27)24(32)30(25(22)33)20-13-7-17(8-14-20)26(34)35-2/h3-14,28H,1-2H3,(H,29,31). The molecule has 3 aromatic carbocycles. The number of esters is 1. The Bertz CT molecular complexity index is 1350. The number of hydrogen-bond acceptors (Lipinski definition) is 6. The maximum absolute atomic E-state index is 13.0. The lowest BCUT2D eigenvalue weighted by atomic mass is 10.1. The first-order valence-corrected chi connectivity index (χ1v) is 10.9. The first kappa shape index (κ1) is 23.7. The second kappa shape index (κ2) is 9.82. The average molecular weight is 490 g/mol. The highest BCUT2D eigenvalue weighted by Crippen LogP contribution is 2.30. The molecule has 3 aromatic rings. The summed E-state index contributed by atoms with van der Waals surface area (Å²) < 4.78 is 4.65. The first-order valence-electron chi connectivity index (χ1n) is 10.5. The molecular formula is C26H20ClN3O5. The maximum Gasteiger partial charge on any atom is 0.337 e. The van der Waals surface area contributed by atoms with E-state index in [1.54, 1.807) is 24.3 Å². The number of anilines is 3. The van der Waals surface area contributed by atoms with Gasteiger partial charge in [0, 0.05) is 16.9 Å². The van der Waals surface area contributed by atoms with Crippen LogP contribution in [0.1, 0.15) is 26.3 Å². The van der Waals surface area contributed by atoms with Crippen molar-refractivity contribution in [2.45, 2.75) is 6.92 Å². The van der Waals surface area contributed by atoms with Gasteiger partial charge in [-0.05, 0) is 67.6 Å². The van der Waals surface area contributed by atoms with Crippen molar-refractivity contribution in [3.05, 3.63) is 100 Å². The lowest BCUT2D eigenvalue weighted by Crippen LogP contribution is -2.32. The molecule has 8 nitrogen and oxygen atoms in total. The van der Waals surface area contributed by atoms with Crippen LogP contribution in [0.4, 0.5) is 17.1 Å². The Morgan fingerprint density at radius 3 is 1.97 bits per heavy atom. The number of carbonyl (C=O) groups excluding carboxylic acids is 4. The zero-order valence-corrected chi connectivity index (χ0v) is 19.6. The minimum atomic E-state index is -0.695. The van der Waals surface area contributed by atoms with E-state index in [4.69, 9.17) is 11.6 Å². The first-order chi connectivity index (χ1) is 16.8. The zero-order chi connectivity index (χ0) is 25.1. The fourth-order valence-electron chi connectivity index (χ4n) is 3.40. The molecule has 0 radical (unpaired) electrons. The summed E-state index contributed by atoms with van der Waals surface area (Å²) in [5.74, 6) is -2.16. The number of carbonyl (C=O) groups is 4. The molecule has 0 bridgehead atoms. The van der Waals surface area contributed by atoms with Crippen LogP contribution < -0.4 is 15.5 Å². The summed E-state index contributed by atoms with van der Waals surface area (Å²) in [6, 6.07) is 19.6. The molecule has 9 heteroatoms. The number of methoxy groups -OCH3 is 1. The van der Waals surface area contributed by atoms with Gasteiger partial charge in [0.15, 0.2) is 0 Å². The Morgan fingerprint density at radius 2 is 1.37 bits per heavy atom. The van der Waals surface area contributed by atoms with Gasteiger partial charge in [-0.25, -0.2) is 9.69 Å². The number of rotatable bonds is 6. The molecule has 4 rings (SSSR count). The Kier molecular flexibility index (Phi) is 6.66. The molecule has 35 heavy (non-hydrogen) atoms. The van der Waals surface area contributed by atoms with Gasteiger partial charge in [-0.3, -0.25) is 14.4 Å². The Balaban J connectivity index is 1.46. The van der Waals surface area contributed by atoms with Gasteiger partial charge in [0.2, 0.25) is 0 Å². The molecule has 1 aliphatic rings. The third-order valence-corrected chi connectivity index (χ3v) is 5.65. The summed E-state index contributed by atoms with van der Waals surface area (Å²) in [6.07, 6.45) is 0. The summed E-state index contributed by atoms with van der Waals surface area (Å²) in [5.41, 5.74) is 3.08. The topological polar surface area (TPSA) is 105 Å². The fraction of sp³-hybridized carbons (Fsp3) is 0.0769. The van der Waals surface area contributed by atoms with E-state index in [-0.39, 0.29) is 27.9 Å². The number of imide groups is 1. The van der Waals surface area contributed by atoms with E-state index in [2.05, 4.69) is 15.4 Å². The summed E-state index contributed by atoms with van der Waals surface area (Å²) in [7, 11) is 1.26. The van der Waals surface area contributed by atoms with E-state index in [0.29, 0.717) is 16.9 Å². The van der Waals surface area contributed by atoms with Crippen molar-refractivity contribution >= 4 is 52.4 Å². The second-order valence-corrected chi connectivity index (χ2v) is 8.07. The predicted molar refractivity (Wildman–Crippen MR) is 132 cm³/mol. The van der Waals surface area contributed by atoms with Crippen LogP contribution in [-0.4, -0.2) is 30.8 Å². The predicted octanol–water partition coefficient (Wildman–Crippen LogP) is 4.47. The van der Waals surface area contributed by atoms with Crippen molar-refractivity contribution < 1.29 is 23.9 Å². The monoisotopic (exact) mass is 489 g/mol. The SMILES string of the molecule is COC(=O)c1ccc(N2C(=O)C(Cl)=C(Nc3ccc(C(=O)Nc4ccc(C)cc4)cc3)C2=O)cc1. The number of benzene rings is 3. The molecule has 1 heterocycles. The molecule has 0 unspecified atom stereocenters. The van der Waals surface area contributed by atoms with E-state index in [1.807, 2.05) is 31.2 Å². The van der Waals surface area contributed by atoms with E-state index in [9.17, 15) is 19.2 Å². The molecule has 0 saturated heterocycles. The number of amides is 3. The van der Waals surface area contributed by atoms with Gasteiger partial charge in [0.05, 0.1) is 18.4 Å². The number of nitrogens with one attached hydrogen (secondary N) is 2. The Hall–Kier alpha value is -4.43. The molecule has 176 valence electrons. The highest BCUT2D eigenvalue weighted by molar-refractivity contribution is 6.53. The largest absolute Gasteiger partial charge is 0.465 e. The van der Waals surface area contributed by atoms with Gasteiger partial charge < -0.3 is 15.4 Å². The molecule has 3 amide bonds. The van der Waals surface area contributed by atoms with Crippen LogP contribution in [-0.2, 0) is 14.3 Å². The van der Waals surface area contributed by atoms with E-state index in [1.165, 1.54) is 31.4 Å². The Morgan fingerprint density at radius 1 is 0.800 bits per heavy atom. The quantitative estimate of drug-likeness (QED) is 0.391. The van der Waals surface area contributed by atoms with Gasteiger partial charge in [0.25, 0.3) is 17.7 Å². The zero-order valence-electron chi connectivity index (χ0n) is 18.8.